The van der Waals surface area contributed by atoms with Gasteiger partial charge >= 0.3 is 0 Å². The van der Waals surface area contributed by atoms with Crippen LogP contribution in [0, 0.1) is 6.92 Å². The van der Waals surface area contributed by atoms with Crippen LogP contribution in [0.2, 0.25) is 0 Å². The lowest BCUT2D eigenvalue weighted by Gasteiger charge is -2.11. The number of imidazole rings is 1. The van der Waals surface area contributed by atoms with Gasteiger partial charge in [-0.15, -0.1) is 0 Å². The molecule has 1 amide bonds. The first-order valence-electron chi connectivity index (χ1n) is 13.7. The normalized spacial score (nSPS) is 10.9. The number of hydrogen-bond acceptors (Lipinski definition) is 5. The van der Waals surface area contributed by atoms with E-state index in [1.165, 1.54) is 11.1 Å². The highest BCUT2D eigenvalue weighted by molar-refractivity contribution is 5.94. The van der Waals surface area contributed by atoms with Crippen molar-refractivity contribution in [1.29, 1.82) is 0 Å². The number of nitrogens with one attached hydrogen (secondary N) is 1. The monoisotopic (exact) mass is 529 g/mol. The molecule has 0 aliphatic rings. The van der Waals surface area contributed by atoms with E-state index in [0.717, 1.165) is 62.2 Å². The second-order valence-electron chi connectivity index (χ2n) is 9.68. The van der Waals surface area contributed by atoms with Crippen molar-refractivity contribution in [2.75, 3.05) is 27.4 Å². The van der Waals surface area contributed by atoms with Gasteiger partial charge in [-0.25, -0.2) is 4.98 Å². The summed E-state index contributed by atoms with van der Waals surface area (Å²) >= 11 is 0. The summed E-state index contributed by atoms with van der Waals surface area (Å²) in [4.78, 5) is 17.4. The summed E-state index contributed by atoms with van der Waals surface area (Å²) in [5.41, 5.74) is 4.01. The number of unbranched alkanes of at least 4 members (excludes halogenated alkanes) is 3. The number of ether oxygens (including phenoxy) is 3. The number of benzene rings is 3. The molecule has 1 aromatic heterocycles. The minimum Gasteiger partial charge on any atom is -0.494 e. The molecule has 0 atom stereocenters. The van der Waals surface area contributed by atoms with Crippen molar-refractivity contribution in [1.82, 2.24) is 14.9 Å². The number of aromatic nitrogens is 2. The van der Waals surface area contributed by atoms with Gasteiger partial charge in [-0.1, -0.05) is 30.7 Å². The maximum absolute atomic E-state index is 12.5. The third-order valence-electron chi connectivity index (χ3n) is 6.78. The summed E-state index contributed by atoms with van der Waals surface area (Å²) in [6.07, 6.45) is 5.88. The van der Waals surface area contributed by atoms with E-state index in [4.69, 9.17) is 19.2 Å². The molecule has 0 saturated heterocycles. The Hall–Kier alpha value is -4.00. The maximum Gasteiger partial charge on any atom is 0.251 e. The van der Waals surface area contributed by atoms with Gasteiger partial charge < -0.3 is 24.1 Å². The van der Waals surface area contributed by atoms with Gasteiger partial charge in [0.1, 0.15) is 11.6 Å². The third kappa shape index (κ3) is 7.76. The van der Waals surface area contributed by atoms with Crippen LogP contribution >= 0.6 is 0 Å². The first-order valence-corrected chi connectivity index (χ1v) is 13.7. The molecule has 0 aliphatic carbocycles. The molecular formula is C32H39N3O4. The van der Waals surface area contributed by atoms with E-state index in [-0.39, 0.29) is 5.91 Å². The summed E-state index contributed by atoms with van der Waals surface area (Å²) < 4.78 is 18.8. The van der Waals surface area contributed by atoms with Crippen molar-refractivity contribution < 1.29 is 19.0 Å². The van der Waals surface area contributed by atoms with Gasteiger partial charge in [0.15, 0.2) is 11.5 Å². The van der Waals surface area contributed by atoms with Crippen LogP contribution in [-0.2, 0) is 13.0 Å². The van der Waals surface area contributed by atoms with Gasteiger partial charge in [-0.05, 0) is 80.6 Å². The fourth-order valence-electron chi connectivity index (χ4n) is 4.70. The summed E-state index contributed by atoms with van der Waals surface area (Å²) in [6.45, 7) is 4.34. The first kappa shape index (κ1) is 28.0. The zero-order chi connectivity index (χ0) is 27.5. The second kappa shape index (κ2) is 14.2. The van der Waals surface area contributed by atoms with Crippen LogP contribution in [0.5, 0.6) is 17.2 Å². The molecule has 4 rings (SSSR count). The lowest BCUT2D eigenvalue weighted by Crippen LogP contribution is -2.24. The lowest BCUT2D eigenvalue weighted by molar-refractivity contribution is 0.0952. The van der Waals surface area contributed by atoms with Gasteiger partial charge in [0, 0.05) is 25.1 Å². The molecule has 4 aromatic rings. The zero-order valence-electron chi connectivity index (χ0n) is 23.2. The highest BCUT2D eigenvalue weighted by atomic mass is 16.5. The summed E-state index contributed by atoms with van der Waals surface area (Å²) in [5, 5.41) is 3.01. The van der Waals surface area contributed by atoms with Gasteiger partial charge in [0.2, 0.25) is 0 Å². The number of carbonyl (C=O) groups excluding carboxylic acids is 1. The first-order chi connectivity index (χ1) is 19.1. The molecule has 1 heterocycles. The quantitative estimate of drug-likeness (QED) is 0.181. The van der Waals surface area contributed by atoms with E-state index in [1.807, 2.05) is 18.2 Å². The second-order valence-corrected chi connectivity index (χ2v) is 9.68. The Labute approximate surface area is 231 Å². The van der Waals surface area contributed by atoms with Crippen molar-refractivity contribution in [3.05, 3.63) is 83.7 Å². The molecule has 3 aromatic carbocycles. The topological polar surface area (TPSA) is 74.6 Å². The molecule has 0 saturated carbocycles. The third-order valence-corrected chi connectivity index (χ3v) is 6.78. The van der Waals surface area contributed by atoms with Crippen LogP contribution in [0.4, 0.5) is 0 Å². The number of rotatable bonds is 15. The standard InChI is InChI=1S/C32H39N3O4/c1-24-12-11-13-26(22-24)39-21-10-9-20-35-28-15-7-6-14-27(28)34-31(35)16-5-4-8-19-33-32(36)25-17-18-29(37-2)30(23-25)38-3/h6-7,11-15,17-18,22-23H,4-5,8-10,16,19-21H2,1-3H3,(H,33,36). The molecule has 1 N–H and O–H groups in total. The zero-order valence-corrected chi connectivity index (χ0v) is 23.2. The number of fused-ring (bicyclic) bond motifs is 1. The van der Waals surface area contributed by atoms with Crippen LogP contribution in [0.25, 0.3) is 11.0 Å². The highest BCUT2D eigenvalue weighted by Crippen LogP contribution is 2.27. The van der Waals surface area contributed by atoms with Crippen LogP contribution in [0.3, 0.4) is 0 Å². The van der Waals surface area contributed by atoms with Crippen molar-refractivity contribution in [2.45, 2.75) is 52.0 Å². The average molecular weight is 530 g/mol. The van der Waals surface area contributed by atoms with Crippen molar-refractivity contribution in [2.24, 2.45) is 0 Å². The highest BCUT2D eigenvalue weighted by Gasteiger charge is 2.12. The summed E-state index contributed by atoms with van der Waals surface area (Å²) in [7, 11) is 3.14. The number of hydrogen-bond donors (Lipinski definition) is 1. The largest absolute Gasteiger partial charge is 0.494 e. The van der Waals surface area contributed by atoms with Crippen LogP contribution in [0.1, 0.15) is 53.8 Å². The lowest BCUT2D eigenvalue weighted by atomic mass is 10.1. The fourth-order valence-corrected chi connectivity index (χ4v) is 4.70. The Kier molecular flexibility index (Phi) is 10.2. The van der Waals surface area contributed by atoms with E-state index < -0.39 is 0 Å². The van der Waals surface area contributed by atoms with E-state index in [9.17, 15) is 4.79 Å². The van der Waals surface area contributed by atoms with Gasteiger partial charge in [-0.3, -0.25) is 4.79 Å². The Morgan fingerprint density at radius 2 is 1.72 bits per heavy atom. The molecule has 7 nitrogen and oxygen atoms in total. The van der Waals surface area contributed by atoms with Crippen molar-refractivity contribution in [3.63, 3.8) is 0 Å². The minimum absolute atomic E-state index is 0.107. The number of aryl methyl sites for hydroxylation is 3. The molecule has 7 heteroatoms. The number of amides is 1. The van der Waals surface area contributed by atoms with Crippen LogP contribution in [0.15, 0.2) is 66.7 Å². The number of para-hydroxylation sites is 2. The molecular weight excluding hydrogens is 490 g/mol. The Morgan fingerprint density at radius 1 is 0.872 bits per heavy atom. The number of carbonyl (C=O) groups is 1. The molecule has 39 heavy (non-hydrogen) atoms. The van der Waals surface area contributed by atoms with Crippen LogP contribution in [-0.4, -0.2) is 42.8 Å². The van der Waals surface area contributed by atoms with E-state index in [1.54, 1.807) is 32.4 Å². The molecule has 0 bridgehead atoms. The fraction of sp³-hybridized carbons (Fsp3) is 0.375. The van der Waals surface area contributed by atoms with Gasteiger partial charge in [0.05, 0.1) is 31.9 Å². The van der Waals surface area contributed by atoms with E-state index >= 15 is 0 Å². The van der Waals surface area contributed by atoms with E-state index in [2.05, 4.69) is 47.1 Å². The molecule has 0 unspecified atom stereocenters. The van der Waals surface area contributed by atoms with Crippen LogP contribution < -0.4 is 19.5 Å². The molecule has 0 radical (unpaired) electrons. The van der Waals surface area contributed by atoms with Crippen molar-refractivity contribution in [3.8, 4) is 17.2 Å². The summed E-state index contributed by atoms with van der Waals surface area (Å²) in [6, 6.07) is 21.7. The smallest absolute Gasteiger partial charge is 0.251 e. The molecule has 206 valence electrons. The SMILES string of the molecule is COc1ccc(C(=O)NCCCCCc2nc3ccccc3n2CCCCOc2cccc(C)c2)cc1OC. The Morgan fingerprint density at radius 3 is 2.54 bits per heavy atom. The van der Waals surface area contributed by atoms with Gasteiger partial charge in [0.25, 0.3) is 5.91 Å². The average Bonchev–Trinajstić information content (AvgIpc) is 3.31. The number of nitrogens with zero attached hydrogens (tertiary/aromatic N) is 2. The Balaban J connectivity index is 1.22. The molecule has 0 spiro atoms. The molecule has 0 fully saturated rings. The van der Waals surface area contributed by atoms with Gasteiger partial charge in [-0.2, -0.15) is 0 Å². The predicted molar refractivity (Wildman–Crippen MR) is 155 cm³/mol. The number of methoxy groups -OCH3 is 2. The predicted octanol–water partition coefficient (Wildman–Crippen LogP) is 6.36. The van der Waals surface area contributed by atoms with Crippen molar-refractivity contribution >= 4 is 16.9 Å². The summed E-state index contributed by atoms with van der Waals surface area (Å²) in [5.74, 6) is 3.11. The molecule has 0 aliphatic heterocycles. The minimum atomic E-state index is -0.107. The van der Waals surface area contributed by atoms with E-state index in [0.29, 0.717) is 30.2 Å². The Bertz CT molecular complexity index is 1360. The maximum atomic E-state index is 12.5.